The first-order chi connectivity index (χ1) is 15.7. The van der Waals surface area contributed by atoms with Crippen molar-refractivity contribution < 1.29 is 24.2 Å². The summed E-state index contributed by atoms with van der Waals surface area (Å²) in [5.41, 5.74) is 2.81. The van der Waals surface area contributed by atoms with Crippen LogP contribution in [0.1, 0.15) is 34.7 Å². The summed E-state index contributed by atoms with van der Waals surface area (Å²) in [5, 5.41) is 11.4. The predicted molar refractivity (Wildman–Crippen MR) is 128 cm³/mol. The van der Waals surface area contributed by atoms with E-state index in [0.717, 1.165) is 17.7 Å². The monoisotopic (exact) mass is 452 g/mol. The third kappa shape index (κ3) is 4.73. The van der Waals surface area contributed by atoms with Gasteiger partial charge in [-0.2, -0.15) is 0 Å². The standard InChI is InChI=1S/C26H32N2O5/c1-16-14-17(2)25(33-6)19(15-16)23(29)21-22(18-10-7-8-11-20(18)32-5)28(26(31)24(21)30)13-9-12-27(3)4/h7-8,10-11,14-15,22,29H,9,12-13H2,1-6H3/b23-21+. The first-order valence-electron chi connectivity index (χ1n) is 10.9. The Bertz CT molecular complexity index is 1090. The lowest BCUT2D eigenvalue weighted by atomic mass is 9.93. The summed E-state index contributed by atoms with van der Waals surface area (Å²) in [4.78, 5) is 30.0. The van der Waals surface area contributed by atoms with Crippen LogP contribution in [0.5, 0.6) is 11.5 Å². The molecule has 1 N–H and O–H groups in total. The quantitative estimate of drug-likeness (QED) is 0.374. The molecule has 0 spiro atoms. The number of likely N-dealkylation sites (tertiary alicyclic amines) is 1. The highest BCUT2D eigenvalue weighted by Crippen LogP contribution is 2.44. The number of aliphatic hydroxyl groups is 1. The molecule has 2 aromatic carbocycles. The fourth-order valence-corrected chi connectivity index (χ4v) is 4.43. The third-order valence-corrected chi connectivity index (χ3v) is 5.86. The van der Waals surface area contributed by atoms with Crippen molar-refractivity contribution in [2.75, 3.05) is 41.4 Å². The topological polar surface area (TPSA) is 79.3 Å². The Balaban J connectivity index is 2.24. The Kier molecular flexibility index (Phi) is 7.43. The van der Waals surface area contributed by atoms with E-state index >= 15 is 0 Å². The van der Waals surface area contributed by atoms with Gasteiger partial charge in [0, 0.05) is 12.1 Å². The Morgan fingerprint density at radius 2 is 1.79 bits per heavy atom. The number of nitrogens with zero attached hydrogens (tertiary/aromatic N) is 2. The second-order valence-corrected chi connectivity index (χ2v) is 8.55. The maximum atomic E-state index is 13.3. The lowest BCUT2D eigenvalue weighted by Gasteiger charge is -2.27. The number of para-hydroxylation sites is 1. The van der Waals surface area contributed by atoms with Gasteiger partial charge in [-0.05, 0) is 64.2 Å². The zero-order chi connectivity index (χ0) is 24.3. The summed E-state index contributed by atoms with van der Waals surface area (Å²) in [7, 11) is 6.98. The van der Waals surface area contributed by atoms with Gasteiger partial charge in [-0.15, -0.1) is 0 Å². The highest BCUT2D eigenvalue weighted by molar-refractivity contribution is 6.46. The molecular formula is C26H32N2O5. The van der Waals surface area contributed by atoms with Crippen molar-refractivity contribution >= 4 is 17.4 Å². The number of benzene rings is 2. The van der Waals surface area contributed by atoms with Crippen LogP contribution >= 0.6 is 0 Å². The summed E-state index contributed by atoms with van der Waals surface area (Å²) < 4.78 is 11.1. The highest BCUT2D eigenvalue weighted by atomic mass is 16.5. The molecule has 1 atom stereocenters. The summed E-state index contributed by atoms with van der Waals surface area (Å²) >= 11 is 0. The van der Waals surface area contributed by atoms with E-state index in [1.54, 1.807) is 19.2 Å². The van der Waals surface area contributed by atoms with Gasteiger partial charge < -0.3 is 24.4 Å². The smallest absolute Gasteiger partial charge is 0.295 e. The molecule has 7 heteroatoms. The van der Waals surface area contributed by atoms with Crippen LogP contribution in [0, 0.1) is 13.8 Å². The van der Waals surface area contributed by atoms with E-state index in [9.17, 15) is 14.7 Å². The molecule has 7 nitrogen and oxygen atoms in total. The number of carbonyl (C=O) groups excluding carboxylic acids is 2. The third-order valence-electron chi connectivity index (χ3n) is 5.86. The Morgan fingerprint density at radius 3 is 2.42 bits per heavy atom. The lowest BCUT2D eigenvalue weighted by molar-refractivity contribution is -0.140. The first-order valence-corrected chi connectivity index (χ1v) is 10.9. The number of carbonyl (C=O) groups is 2. The van der Waals surface area contributed by atoms with E-state index < -0.39 is 17.7 Å². The maximum Gasteiger partial charge on any atom is 0.295 e. The van der Waals surface area contributed by atoms with Gasteiger partial charge in [-0.25, -0.2) is 0 Å². The number of aliphatic hydroxyl groups excluding tert-OH is 1. The molecule has 1 saturated heterocycles. The number of methoxy groups -OCH3 is 2. The number of rotatable bonds is 8. The molecule has 0 radical (unpaired) electrons. The first kappa shape index (κ1) is 24.3. The Labute approximate surface area is 195 Å². The van der Waals surface area contributed by atoms with Crippen LogP contribution in [-0.2, 0) is 9.59 Å². The molecular weight excluding hydrogens is 420 g/mol. The number of aryl methyl sites for hydroxylation is 2. The minimum Gasteiger partial charge on any atom is -0.507 e. The Hall–Kier alpha value is -3.32. The minimum atomic E-state index is -0.770. The number of amides is 1. The number of hydrogen-bond donors (Lipinski definition) is 1. The lowest BCUT2D eigenvalue weighted by Crippen LogP contribution is -2.32. The van der Waals surface area contributed by atoms with Crippen molar-refractivity contribution in [1.82, 2.24) is 9.80 Å². The van der Waals surface area contributed by atoms with Crippen LogP contribution in [0.25, 0.3) is 5.76 Å². The SMILES string of the molecule is COc1ccccc1C1/C(=C(\O)c2cc(C)cc(C)c2OC)C(=O)C(=O)N1CCCN(C)C. The molecule has 1 aliphatic rings. The molecule has 1 fully saturated rings. The second-order valence-electron chi connectivity index (χ2n) is 8.55. The van der Waals surface area contributed by atoms with E-state index in [2.05, 4.69) is 0 Å². The van der Waals surface area contributed by atoms with Gasteiger partial charge in [0.15, 0.2) is 0 Å². The zero-order valence-electron chi connectivity index (χ0n) is 20.1. The van der Waals surface area contributed by atoms with Gasteiger partial charge in [0.2, 0.25) is 0 Å². The molecule has 1 amide bonds. The highest BCUT2D eigenvalue weighted by Gasteiger charge is 2.47. The van der Waals surface area contributed by atoms with E-state index in [0.29, 0.717) is 35.6 Å². The zero-order valence-corrected chi connectivity index (χ0v) is 20.1. The molecule has 1 heterocycles. The molecule has 3 rings (SSSR count). The number of ketones is 1. The molecule has 0 aliphatic carbocycles. The minimum absolute atomic E-state index is 0.0395. The van der Waals surface area contributed by atoms with Gasteiger partial charge in [0.25, 0.3) is 11.7 Å². The van der Waals surface area contributed by atoms with Gasteiger partial charge in [-0.3, -0.25) is 9.59 Å². The van der Waals surface area contributed by atoms with Crippen LogP contribution in [0.2, 0.25) is 0 Å². The second kappa shape index (κ2) is 10.1. The van der Waals surface area contributed by atoms with Crippen molar-refractivity contribution in [1.29, 1.82) is 0 Å². The largest absolute Gasteiger partial charge is 0.507 e. The molecule has 1 unspecified atom stereocenters. The van der Waals surface area contributed by atoms with Gasteiger partial charge in [-0.1, -0.05) is 24.3 Å². The van der Waals surface area contributed by atoms with E-state index in [1.807, 2.05) is 57.1 Å². The molecule has 0 saturated carbocycles. The van der Waals surface area contributed by atoms with Crippen molar-refractivity contribution in [3.8, 4) is 11.5 Å². The van der Waals surface area contributed by atoms with Crippen molar-refractivity contribution in [3.05, 3.63) is 64.2 Å². The van der Waals surface area contributed by atoms with Crippen molar-refractivity contribution in [3.63, 3.8) is 0 Å². The molecule has 1 aliphatic heterocycles. The predicted octanol–water partition coefficient (Wildman–Crippen LogP) is 3.69. The van der Waals surface area contributed by atoms with Gasteiger partial charge in [0.1, 0.15) is 17.3 Å². The summed E-state index contributed by atoms with van der Waals surface area (Å²) in [6, 6.07) is 10.2. The van der Waals surface area contributed by atoms with Crippen LogP contribution in [0.4, 0.5) is 0 Å². The van der Waals surface area contributed by atoms with Gasteiger partial charge >= 0.3 is 0 Å². The van der Waals surface area contributed by atoms with Crippen molar-refractivity contribution in [2.24, 2.45) is 0 Å². The van der Waals surface area contributed by atoms with Crippen LogP contribution in [-0.4, -0.2) is 68.0 Å². The van der Waals surface area contributed by atoms with E-state index in [-0.39, 0.29) is 11.3 Å². The van der Waals surface area contributed by atoms with Gasteiger partial charge in [0.05, 0.1) is 31.4 Å². The van der Waals surface area contributed by atoms with E-state index in [1.165, 1.54) is 12.0 Å². The summed E-state index contributed by atoms with van der Waals surface area (Å²) in [5.74, 6) is -0.581. The van der Waals surface area contributed by atoms with Crippen LogP contribution in [0.15, 0.2) is 42.0 Å². The maximum absolute atomic E-state index is 13.3. The average molecular weight is 453 g/mol. The number of Topliss-reactive ketones (excluding diaryl/α,β-unsaturated/α-hetero) is 1. The molecule has 0 aromatic heterocycles. The summed E-state index contributed by atoms with van der Waals surface area (Å²) in [6.45, 7) is 4.90. The molecule has 176 valence electrons. The Morgan fingerprint density at radius 1 is 1.09 bits per heavy atom. The van der Waals surface area contributed by atoms with Crippen LogP contribution in [0.3, 0.4) is 0 Å². The normalized spacial score (nSPS) is 17.7. The van der Waals surface area contributed by atoms with Crippen LogP contribution < -0.4 is 9.47 Å². The van der Waals surface area contributed by atoms with Crippen molar-refractivity contribution in [2.45, 2.75) is 26.3 Å². The molecule has 0 bridgehead atoms. The molecule has 33 heavy (non-hydrogen) atoms. The number of hydrogen-bond acceptors (Lipinski definition) is 6. The molecule has 2 aromatic rings. The van der Waals surface area contributed by atoms with E-state index in [4.69, 9.17) is 9.47 Å². The summed E-state index contributed by atoms with van der Waals surface area (Å²) in [6.07, 6.45) is 0.679. The number of ether oxygens (including phenoxy) is 2. The fourth-order valence-electron chi connectivity index (χ4n) is 4.43. The average Bonchev–Trinajstić information content (AvgIpc) is 3.02. The fraction of sp³-hybridized carbons (Fsp3) is 0.385.